The maximum absolute atomic E-state index is 8.36. The highest BCUT2D eigenvalue weighted by Crippen LogP contribution is 2.28. The number of rotatable bonds is 4. The monoisotopic (exact) mass is 349 g/mol. The molecule has 0 saturated heterocycles. The maximum atomic E-state index is 8.36. The SMILES string of the molecule is CC(C)Oc1ccc(Oc2nc3ccc(Cl)cc3o2)cc1.O=CO. The van der Waals surface area contributed by atoms with Crippen molar-refractivity contribution < 1.29 is 23.8 Å². The number of oxazole rings is 1. The van der Waals surface area contributed by atoms with Crippen LogP contribution >= 0.6 is 11.6 Å². The molecule has 24 heavy (non-hydrogen) atoms. The number of hydrogen-bond acceptors (Lipinski definition) is 5. The molecule has 1 N–H and O–H groups in total. The average molecular weight is 350 g/mol. The Morgan fingerprint density at radius 3 is 2.42 bits per heavy atom. The summed E-state index contributed by atoms with van der Waals surface area (Å²) in [5.74, 6) is 1.42. The third-order valence-corrected chi connectivity index (χ3v) is 2.97. The number of carboxylic acid groups (broad SMARTS) is 1. The van der Waals surface area contributed by atoms with Crippen molar-refractivity contribution in [2.75, 3.05) is 0 Å². The zero-order chi connectivity index (χ0) is 17.5. The molecule has 1 heterocycles. The Hall–Kier alpha value is -2.73. The second-order valence-corrected chi connectivity index (χ2v) is 5.37. The number of ether oxygens (including phenoxy) is 2. The number of carbonyl (C=O) groups is 1. The van der Waals surface area contributed by atoms with Crippen molar-refractivity contribution in [1.82, 2.24) is 4.98 Å². The summed E-state index contributed by atoms with van der Waals surface area (Å²) in [6.07, 6.45) is 0.323. The van der Waals surface area contributed by atoms with Gasteiger partial charge in [0.25, 0.3) is 6.47 Å². The minimum Gasteiger partial charge on any atom is -0.491 e. The molecule has 0 aliphatic heterocycles. The Kier molecular flexibility index (Phi) is 6.03. The molecule has 0 atom stereocenters. The minimum absolute atomic E-state index is 0.138. The molecule has 0 amide bonds. The second kappa shape index (κ2) is 8.21. The first-order valence-corrected chi connectivity index (χ1v) is 7.48. The quantitative estimate of drug-likeness (QED) is 0.684. The molecular weight excluding hydrogens is 334 g/mol. The van der Waals surface area contributed by atoms with Crippen LogP contribution in [0.15, 0.2) is 46.9 Å². The van der Waals surface area contributed by atoms with Crippen LogP contribution in [0.2, 0.25) is 5.02 Å². The lowest BCUT2D eigenvalue weighted by Gasteiger charge is -2.09. The number of nitrogens with zero attached hydrogens (tertiary/aromatic N) is 1. The van der Waals surface area contributed by atoms with Crippen LogP contribution in [0.25, 0.3) is 11.1 Å². The van der Waals surface area contributed by atoms with E-state index in [4.69, 9.17) is 35.4 Å². The van der Waals surface area contributed by atoms with E-state index in [1.54, 1.807) is 30.3 Å². The lowest BCUT2D eigenvalue weighted by atomic mass is 10.3. The fourth-order valence-electron chi connectivity index (χ4n) is 1.88. The molecule has 0 fully saturated rings. The van der Waals surface area contributed by atoms with Gasteiger partial charge in [0, 0.05) is 11.1 Å². The van der Waals surface area contributed by atoms with E-state index in [2.05, 4.69) is 4.98 Å². The summed E-state index contributed by atoms with van der Waals surface area (Å²) in [7, 11) is 0. The molecule has 0 spiro atoms. The molecular formula is C17H16ClNO5. The van der Waals surface area contributed by atoms with E-state index in [0.717, 1.165) is 5.75 Å². The Morgan fingerprint density at radius 1 is 1.17 bits per heavy atom. The highest BCUT2D eigenvalue weighted by Gasteiger charge is 2.08. The van der Waals surface area contributed by atoms with Gasteiger partial charge in [0.15, 0.2) is 5.58 Å². The highest BCUT2D eigenvalue weighted by atomic mass is 35.5. The Morgan fingerprint density at radius 2 is 1.79 bits per heavy atom. The molecule has 6 nitrogen and oxygen atoms in total. The largest absolute Gasteiger partial charge is 0.491 e. The van der Waals surface area contributed by atoms with Gasteiger partial charge in [-0.3, -0.25) is 4.79 Å². The van der Waals surface area contributed by atoms with E-state index >= 15 is 0 Å². The third kappa shape index (κ3) is 4.89. The van der Waals surface area contributed by atoms with Crippen LogP contribution in [0.3, 0.4) is 0 Å². The first kappa shape index (κ1) is 17.6. The van der Waals surface area contributed by atoms with Gasteiger partial charge in [0.1, 0.15) is 17.0 Å². The van der Waals surface area contributed by atoms with E-state index in [9.17, 15) is 0 Å². The lowest BCUT2D eigenvalue weighted by molar-refractivity contribution is -0.122. The molecule has 0 unspecified atom stereocenters. The van der Waals surface area contributed by atoms with E-state index in [1.165, 1.54) is 0 Å². The van der Waals surface area contributed by atoms with Crippen LogP contribution in [0.5, 0.6) is 17.6 Å². The highest BCUT2D eigenvalue weighted by molar-refractivity contribution is 6.31. The second-order valence-electron chi connectivity index (χ2n) is 4.94. The molecule has 3 rings (SSSR count). The predicted molar refractivity (Wildman–Crippen MR) is 90.0 cm³/mol. The van der Waals surface area contributed by atoms with Crippen LogP contribution in [-0.4, -0.2) is 22.7 Å². The molecule has 0 bridgehead atoms. The van der Waals surface area contributed by atoms with Crippen molar-refractivity contribution in [2.24, 2.45) is 0 Å². The summed E-state index contributed by atoms with van der Waals surface area (Å²) >= 11 is 5.90. The zero-order valence-electron chi connectivity index (χ0n) is 13.1. The normalized spacial score (nSPS) is 10.2. The number of hydrogen-bond donors (Lipinski definition) is 1. The van der Waals surface area contributed by atoms with Crippen LogP contribution < -0.4 is 9.47 Å². The molecule has 0 aliphatic rings. The van der Waals surface area contributed by atoms with E-state index in [0.29, 0.717) is 21.9 Å². The molecule has 126 valence electrons. The molecule has 0 saturated carbocycles. The fraction of sp³-hybridized carbons (Fsp3) is 0.176. The van der Waals surface area contributed by atoms with Gasteiger partial charge in [-0.15, -0.1) is 0 Å². The van der Waals surface area contributed by atoms with Crippen LogP contribution in [0.4, 0.5) is 0 Å². The topological polar surface area (TPSA) is 81.8 Å². The molecule has 2 aromatic carbocycles. The van der Waals surface area contributed by atoms with Crippen molar-refractivity contribution in [3.05, 3.63) is 47.5 Å². The van der Waals surface area contributed by atoms with Gasteiger partial charge in [0.05, 0.1) is 6.10 Å². The van der Waals surface area contributed by atoms with Gasteiger partial charge in [-0.25, -0.2) is 0 Å². The molecule has 7 heteroatoms. The first-order chi connectivity index (χ1) is 11.5. The van der Waals surface area contributed by atoms with Gasteiger partial charge in [-0.05, 0) is 50.2 Å². The summed E-state index contributed by atoms with van der Waals surface area (Å²) < 4.78 is 16.7. The van der Waals surface area contributed by atoms with Gasteiger partial charge >= 0.3 is 6.08 Å². The van der Waals surface area contributed by atoms with Crippen molar-refractivity contribution in [3.8, 4) is 17.6 Å². The summed E-state index contributed by atoms with van der Waals surface area (Å²) in [6.45, 7) is 3.71. The van der Waals surface area contributed by atoms with Crippen LogP contribution in [-0.2, 0) is 4.79 Å². The predicted octanol–water partition coefficient (Wildman–Crippen LogP) is 4.76. The third-order valence-electron chi connectivity index (χ3n) is 2.73. The summed E-state index contributed by atoms with van der Waals surface area (Å²) in [6, 6.07) is 12.5. The van der Waals surface area contributed by atoms with Crippen LogP contribution in [0.1, 0.15) is 13.8 Å². The molecule has 0 aliphatic carbocycles. The minimum atomic E-state index is -0.250. The number of benzene rings is 2. The van der Waals surface area contributed by atoms with Gasteiger partial charge in [-0.1, -0.05) is 11.6 Å². The lowest BCUT2D eigenvalue weighted by Crippen LogP contribution is -2.05. The van der Waals surface area contributed by atoms with Gasteiger partial charge < -0.3 is 19.0 Å². The maximum Gasteiger partial charge on any atom is 0.400 e. The molecule has 3 aromatic rings. The van der Waals surface area contributed by atoms with Crippen molar-refractivity contribution in [1.29, 1.82) is 0 Å². The smallest absolute Gasteiger partial charge is 0.400 e. The summed E-state index contributed by atoms with van der Waals surface area (Å²) in [5, 5.41) is 7.49. The van der Waals surface area contributed by atoms with E-state index in [1.807, 2.05) is 26.0 Å². The number of halogens is 1. The Bertz CT molecular complexity index is 798. The molecule has 1 aromatic heterocycles. The van der Waals surface area contributed by atoms with Gasteiger partial charge in [-0.2, -0.15) is 4.98 Å². The number of fused-ring (bicyclic) bond motifs is 1. The summed E-state index contributed by atoms with van der Waals surface area (Å²) in [4.78, 5) is 12.6. The van der Waals surface area contributed by atoms with E-state index < -0.39 is 0 Å². The average Bonchev–Trinajstić information content (AvgIpc) is 2.91. The van der Waals surface area contributed by atoms with Crippen LogP contribution in [0, 0.1) is 0 Å². The van der Waals surface area contributed by atoms with Gasteiger partial charge in [0.2, 0.25) is 0 Å². The Balaban J connectivity index is 0.000000647. The van der Waals surface area contributed by atoms with Crippen molar-refractivity contribution >= 4 is 29.2 Å². The Labute approximate surface area is 143 Å². The van der Waals surface area contributed by atoms with Crippen molar-refractivity contribution in [3.63, 3.8) is 0 Å². The summed E-state index contributed by atoms with van der Waals surface area (Å²) in [5.41, 5.74) is 1.30. The standard InChI is InChI=1S/C16H14ClNO3.CH2O2/c1-10(2)19-12-4-6-13(7-5-12)20-16-18-14-8-3-11(17)9-15(14)21-16;2-1-3/h3-10H,1-2H3;1H,(H,2,3). The number of aromatic nitrogens is 1. The zero-order valence-corrected chi connectivity index (χ0v) is 13.9. The molecule has 0 radical (unpaired) electrons. The van der Waals surface area contributed by atoms with E-state index in [-0.39, 0.29) is 18.7 Å². The van der Waals surface area contributed by atoms with Crippen molar-refractivity contribution in [2.45, 2.75) is 20.0 Å². The fourth-order valence-corrected chi connectivity index (χ4v) is 2.04. The first-order valence-electron chi connectivity index (χ1n) is 7.10.